The number of carbonyl (C=O) groups is 2. The molecule has 1 heterocycles. The Hall–Kier alpha value is -2.13. The Balaban J connectivity index is 2.90. The molecule has 0 bridgehead atoms. The second-order valence-electron chi connectivity index (χ2n) is 3.26. The zero-order valence-corrected chi connectivity index (χ0v) is 10.1. The van der Waals surface area contributed by atoms with Crippen molar-refractivity contribution in [3.8, 4) is 6.07 Å². The lowest BCUT2D eigenvalue weighted by Gasteiger charge is -1.98. The van der Waals surface area contributed by atoms with E-state index in [-0.39, 0.29) is 0 Å². The molecule has 0 aliphatic heterocycles. The Morgan fingerprint density at radius 2 is 2.06 bits per heavy atom. The van der Waals surface area contributed by atoms with Crippen molar-refractivity contribution in [1.29, 1.82) is 5.26 Å². The minimum Gasteiger partial charge on any atom is -0.478 e. The first-order chi connectivity index (χ1) is 7.95. The standard InChI is InChI=1S/C11H10N2O3S/c1-6-7(2)17-11(8(6)5-12)13-9(14)3-4-10(15)16/h3-4H,1-2H3,(H,13,14)(H,15,16). The molecule has 1 aromatic rings. The lowest BCUT2D eigenvalue weighted by Crippen LogP contribution is -2.08. The molecule has 0 aliphatic rings. The first-order valence-electron chi connectivity index (χ1n) is 4.67. The quantitative estimate of drug-likeness (QED) is 0.800. The number of hydrogen-bond donors (Lipinski definition) is 2. The van der Waals surface area contributed by atoms with Gasteiger partial charge in [-0.3, -0.25) is 4.79 Å². The number of nitriles is 1. The van der Waals surface area contributed by atoms with E-state index >= 15 is 0 Å². The molecule has 1 aromatic heterocycles. The average molecular weight is 250 g/mol. The number of aliphatic carboxylic acids is 1. The van der Waals surface area contributed by atoms with Gasteiger partial charge in [-0.25, -0.2) is 4.79 Å². The number of carbonyl (C=O) groups excluding carboxylic acids is 1. The SMILES string of the molecule is Cc1sc(NC(=O)C=CC(=O)O)c(C#N)c1C. The molecule has 0 atom stereocenters. The smallest absolute Gasteiger partial charge is 0.328 e. The molecule has 0 aliphatic carbocycles. The number of rotatable bonds is 3. The van der Waals surface area contributed by atoms with E-state index in [1.807, 2.05) is 13.0 Å². The fourth-order valence-corrected chi connectivity index (χ4v) is 2.16. The fraction of sp³-hybridized carbons (Fsp3) is 0.182. The van der Waals surface area contributed by atoms with Crippen LogP contribution in [0.4, 0.5) is 5.00 Å². The highest BCUT2D eigenvalue weighted by Crippen LogP contribution is 2.31. The van der Waals surface area contributed by atoms with Gasteiger partial charge < -0.3 is 10.4 Å². The van der Waals surface area contributed by atoms with Gasteiger partial charge >= 0.3 is 5.97 Å². The van der Waals surface area contributed by atoms with E-state index in [0.29, 0.717) is 10.6 Å². The molecule has 6 heteroatoms. The number of amides is 1. The van der Waals surface area contributed by atoms with Crippen LogP contribution in [-0.4, -0.2) is 17.0 Å². The molecule has 5 nitrogen and oxygen atoms in total. The highest BCUT2D eigenvalue weighted by molar-refractivity contribution is 7.16. The minimum absolute atomic E-state index is 0.421. The van der Waals surface area contributed by atoms with Gasteiger partial charge in [0.05, 0.1) is 5.56 Å². The van der Waals surface area contributed by atoms with Crippen LogP contribution in [0.3, 0.4) is 0 Å². The topological polar surface area (TPSA) is 90.2 Å². The summed E-state index contributed by atoms with van der Waals surface area (Å²) in [5, 5.41) is 20.2. The van der Waals surface area contributed by atoms with Crippen LogP contribution < -0.4 is 5.32 Å². The van der Waals surface area contributed by atoms with Crippen molar-refractivity contribution >= 4 is 28.2 Å². The molecule has 0 unspecified atom stereocenters. The third kappa shape index (κ3) is 3.16. The van der Waals surface area contributed by atoms with Crippen LogP contribution in [0.25, 0.3) is 0 Å². The van der Waals surface area contributed by atoms with Gasteiger partial charge in [0.2, 0.25) is 5.91 Å². The van der Waals surface area contributed by atoms with Gasteiger partial charge in [0, 0.05) is 17.0 Å². The van der Waals surface area contributed by atoms with Crippen LogP contribution in [0.2, 0.25) is 0 Å². The van der Waals surface area contributed by atoms with Gasteiger partial charge in [-0.2, -0.15) is 5.26 Å². The van der Waals surface area contributed by atoms with Crippen molar-refractivity contribution in [2.75, 3.05) is 5.32 Å². The van der Waals surface area contributed by atoms with Crippen LogP contribution in [0.15, 0.2) is 12.2 Å². The van der Waals surface area contributed by atoms with Crippen molar-refractivity contribution in [3.63, 3.8) is 0 Å². The predicted octanol–water partition coefficient (Wildman–Crippen LogP) is 1.82. The summed E-state index contributed by atoms with van der Waals surface area (Å²) in [6.45, 7) is 3.65. The zero-order valence-electron chi connectivity index (χ0n) is 9.27. The molecule has 0 saturated carbocycles. The van der Waals surface area contributed by atoms with Crippen molar-refractivity contribution in [2.24, 2.45) is 0 Å². The van der Waals surface area contributed by atoms with E-state index in [0.717, 1.165) is 22.6 Å². The minimum atomic E-state index is -1.20. The molecule has 0 fully saturated rings. The second-order valence-corrected chi connectivity index (χ2v) is 4.48. The van der Waals surface area contributed by atoms with Crippen LogP contribution in [0.1, 0.15) is 16.0 Å². The Morgan fingerprint density at radius 1 is 1.41 bits per heavy atom. The Morgan fingerprint density at radius 3 is 2.59 bits per heavy atom. The number of carboxylic acid groups (broad SMARTS) is 1. The lowest BCUT2D eigenvalue weighted by molar-refractivity contribution is -0.131. The van der Waals surface area contributed by atoms with Crippen molar-refractivity contribution in [1.82, 2.24) is 0 Å². The maximum Gasteiger partial charge on any atom is 0.328 e. The Labute approximate surface area is 102 Å². The van der Waals surface area contributed by atoms with Gasteiger partial charge in [0.15, 0.2) is 0 Å². The highest BCUT2D eigenvalue weighted by atomic mass is 32.1. The van der Waals surface area contributed by atoms with E-state index in [1.165, 1.54) is 11.3 Å². The molecule has 0 saturated heterocycles. The largest absolute Gasteiger partial charge is 0.478 e. The third-order valence-corrected chi connectivity index (χ3v) is 3.23. The summed E-state index contributed by atoms with van der Waals surface area (Å²) in [5.74, 6) is -1.76. The normalized spacial score (nSPS) is 10.2. The number of nitrogens with one attached hydrogen (secondary N) is 1. The van der Waals surface area contributed by atoms with Crippen LogP contribution >= 0.6 is 11.3 Å². The maximum absolute atomic E-state index is 11.3. The molecular formula is C11H10N2O3S. The van der Waals surface area contributed by atoms with Crippen LogP contribution in [0.5, 0.6) is 0 Å². The van der Waals surface area contributed by atoms with E-state index in [1.54, 1.807) is 6.92 Å². The summed E-state index contributed by atoms with van der Waals surface area (Å²) in [5.41, 5.74) is 1.25. The van der Waals surface area contributed by atoms with Gasteiger partial charge in [-0.15, -0.1) is 11.3 Å². The van der Waals surface area contributed by atoms with Crippen molar-refractivity contribution in [2.45, 2.75) is 13.8 Å². The molecule has 1 rings (SSSR count). The molecule has 17 heavy (non-hydrogen) atoms. The molecule has 0 spiro atoms. The maximum atomic E-state index is 11.3. The molecule has 0 aromatic carbocycles. The first-order valence-corrected chi connectivity index (χ1v) is 5.49. The molecular weight excluding hydrogens is 240 g/mol. The van der Waals surface area contributed by atoms with E-state index < -0.39 is 11.9 Å². The number of hydrogen-bond acceptors (Lipinski definition) is 4. The highest BCUT2D eigenvalue weighted by Gasteiger charge is 2.13. The number of nitrogens with zero attached hydrogens (tertiary/aromatic N) is 1. The van der Waals surface area contributed by atoms with Gasteiger partial charge in [0.1, 0.15) is 11.1 Å². The number of aryl methyl sites for hydroxylation is 1. The lowest BCUT2D eigenvalue weighted by atomic mass is 10.2. The third-order valence-electron chi connectivity index (χ3n) is 2.11. The summed E-state index contributed by atoms with van der Waals surface area (Å²) < 4.78 is 0. The van der Waals surface area contributed by atoms with Crippen molar-refractivity contribution in [3.05, 3.63) is 28.2 Å². The Kier molecular flexibility index (Phi) is 4.01. The molecule has 0 radical (unpaired) electrons. The summed E-state index contributed by atoms with van der Waals surface area (Å²) in [6, 6.07) is 2.01. The molecule has 88 valence electrons. The number of carboxylic acids is 1. The summed E-state index contributed by atoms with van der Waals surface area (Å²) in [6.07, 6.45) is 1.66. The van der Waals surface area contributed by atoms with Crippen LogP contribution in [-0.2, 0) is 9.59 Å². The average Bonchev–Trinajstić information content (AvgIpc) is 2.51. The van der Waals surface area contributed by atoms with Crippen LogP contribution in [0, 0.1) is 25.2 Å². The van der Waals surface area contributed by atoms with E-state index in [9.17, 15) is 9.59 Å². The van der Waals surface area contributed by atoms with Gasteiger partial charge in [0.25, 0.3) is 0 Å². The zero-order chi connectivity index (χ0) is 13.0. The van der Waals surface area contributed by atoms with Gasteiger partial charge in [-0.1, -0.05) is 0 Å². The summed E-state index contributed by atoms with van der Waals surface area (Å²) >= 11 is 1.29. The summed E-state index contributed by atoms with van der Waals surface area (Å²) in [4.78, 5) is 22.5. The molecule has 1 amide bonds. The summed E-state index contributed by atoms with van der Waals surface area (Å²) in [7, 11) is 0. The predicted molar refractivity (Wildman–Crippen MR) is 63.9 cm³/mol. The Bertz CT molecular complexity index is 538. The second kappa shape index (κ2) is 5.27. The fourth-order valence-electron chi connectivity index (χ4n) is 1.15. The molecule has 2 N–H and O–H groups in total. The number of anilines is 1. The number of thiophene rings is 1. The monoisotopic (exact) mass is 250 g/mol. The van der Waals surface area contributed by atoms with Crippen molar-refractivity contribution < 1.29 is 14.7 Å². The van der Waals surface area contributed by atoms with E-state index in [4.69, 9.17) is 10.4 Å². The first kappa shape index (κ1) is 12.9. The van der Waals surface area contributed by atoms with E-state index in [2.05, 4.69) is 5.32 Å². The van der Waals surface area contributed by atoms with Gasteiger partial charge in [-0.05, 0) is 19.4 Å².